The lowest BCUT2D eigenvalue weighted by atomic mass is 9.73. The van der Waals surface area contributed by atoms with Crippen LogP contribution in [0, 0.1) is 12.3 Å². The summed E-state index contributed by atoms with van der Waals surface area (Å²) in [6.07, 6.45) is 4.07. The van der Waals surface area contributed by atoms with Crippen LogP contribution < -0.4 is 5.32 Å². The van der Waals surface area contributed by atoms with Gasteiger partial charge in [-0.25, -0.2) is 0 Å². The number of hydrogen-bond acceptors (Lipinski definition) is 2. The van der Waals surface area contributed by atoms with Crippen LogP contribution in [0.3, 0.4) is 0 Å². The smallest absolute Gasteiger partial charge is 0.0234 e. The molecule has 1 aliphatic rings. The van der Waals surface area contributed by atoms with E-state index < -0.39 is 0 Å². The van der Waals surface area contributed by atoms with Gasteiger partial charge in [0.15, 0.2) is 0 Å². The molecule has 0 spiro atoms. The van der Waals surface area contributed by atoms with Gasteiger partial charge in [0.25, 0.3) is 0 Å². The van der Waals surface area contributed by atoms with Gasteiger partial charge in [0.1, 0.15) is 0 Å². The largest absolute Gasteiger partial charge is 0.315 e. The fourth-order valence-corrected chi connectivity index (χ4v) is 5.06. The predicted molar refractivity (Wildman–Crippen MR) is 86.7 cm³/mol. The van der Waals surface area contributed by atoms with Crippen LogP contribution in [-0.4, -0.2) is 18.3 Å². The molecule has 2 heteroatoms. The number of aryl methyl sites for hydroxylation is 1. The lowest BCUT2D eigenvalue weighted by molar-refractivity contribution is 0.182. The summed E-state index contributed by atoms with van der Waals surface area (Å²) < 4.78 is 0. The Balaban J connectivity index is 2.00. The zero-order valence-electron chi connectivity index (χ0n) is 12.7. The number of thioether (sulfide) groups is 1. The first-order valence-corrected chi connectivity index (χ1v) is 8.43. The van der Waals surface area contributed by atoms with Crippen LogP contribution in [0.4, 0.5) is 0 Å². The van der Waals surface area contributed by atoms with Gasteiger partial charge in [0.05, 0.1) is 0 Å². The van der Waals surface area contributed by atoms with Gasteiger partial charge < -0.3 is 5.32 Å². The second-order valence-corrected chi connectivity index (χ2v) is 7.65. The number of benzene rings is 1. The highest BCUT2D eigenvalue weighted by Gasteiger charge is 2.37. The standard InChI is InChI=1S/C17H27NS/c1-13-8-5-6-9-14(13)12-19-15-10-7-11-17(2,3)16(15)18-4/h5-6,8-9,15-16,18H,7,10-12H2,1-4H3. The van der Waals surface area contributed by atoms with Gasteiger partial charge in [0, 0.05) is 17.0 Å². The van der Waals surface area contributed by atoms with Crippen molar-refractivity contribution in [2.45, 2.75) is 57.1 Å². The van der Waals surface area contributed by atoms with E-state index in [1.54, 1.807) is 0 Å². The molecule has 0 bridgehead atoms. The molecule has 1 aliphatic carbocycles. The van der Waals surface area contributed by atoms with Gasteiger partial charge >= 0.3 is 0 Å². The quantitative estimate of drug-likeness (QED) is 0.875. The predicted octanol–water partition coefficient (Wildman–Crippen LogP) is 4.39. The molecule has 0 amide bonds. The fourth-order valence-electron chi connectivity index (χ4n) is 3.31. The maximum Gasteiger partial charge on any atom is 0.0234 e. The van der Waals surface area contributed by atoms with Crippen molar-refractivity contribution in [3.63, 3.8) is 0 Å². The Bertz CT molecular complexity index is 413. The molecule has 0 radical (unpaired) electrons. The van der Waals surface area contributed by atoms with Crippen LogP contribution in [0.1, 0.15) is 44.2 Å². The number of hydrogen-bond donors (Lipinski definition) is 1. The molecule has 2 atom stereocenters. The summed E-state index contributed by atoms with van der Waals surface area (Å²) >= 11 is 2.14. The third kappa shape index (κ3) is 3.55. The molecule has 1 nitrogen and oxygen atoms in total. The van der Waals surface area contributed by atoms with Crippen molar-refractivity contribution in [2.75, 3.05) is 7.05 Å². The van der Waals surface area contributed by atoms with Gasteiger partial charge in [-0.15, -0.1) is 0 Å². The van der Waals surface area contributed by atoms with Crippen molar-refractivity contribution >= 4 is 11.8 Å². The van der Waals surface area contributed by atoms with E-state index in [-0.39, 0.29) is 0 Å². The van der Waals surface area contributed by atoms with Crippen molar-refractivity contribution in [2.24, 2.45) is 5.41 Å². The molecule has 1 N–H and O–H groups in total. The van der Waals surface area contributed by atoms with Crippen LogP contribution in [0.2, 0.25) is 0 Å². The van der Waals surface area contributed by atoms with Crippen molar-refractivity contribution in [1.29, 1.82) is 0 Å². The van der Waals surface area contributed by atoms with Crippen LogP contribution in [0.5, 0.6) is 0 Å². The van der Waals surface area contributed by atoms with Crippen LogP contribution in [0.15, 0.2) is 24.3 Å². The van der Waals surface area contributed by atoms with E-state index in [1.165, 1.54) is 30.4 Å². The maximum atomic E-state index is 3.57. The minimum absolute atomic E-state index is 0.427. The minimum atomic E-state index is 0.427. The molecule has 1 aromatic rings. The molecule has 1 fully saturated rings. The summed E-state index contributed by atoms with van der Waals surface area (Å²) in [6.45, 7) is 7.04. The topological polar surface area (TPSA) is 12.0 Å². The highest BCUT2D eigenvalue weighted by atomic mass is 32.2. The Kier molecular flexibility index (Phi) is 4.97. The van der Waals surface area contributed by atoms with E-state index in [0.717, 1.165) is 11.0 Å². The van der Waals surface area contributed by atoms with Gasteiger partial charge in [0.2, 0.25) is 0 Å². The van der Waals surface area contributed by atoms with Crippen molar-refractivity contribution < 1.29 is 0 Å². The summed E-state index contributed by atoms with van der Waals surface area (Å²) in [6, 6.07) is 9.41. The number of nitrogens with one attached hydrogen (secondary N) is 1. The third-order valence-corrected chi connectivity index (χ3v) is 5.96. The zero-order chi connectivity index (χ0) is 13.9. The Labute approximate surface area is 122 Å². The molecule has 2 unspecified atom stereocenters. The lowest BCUT2D eigenvalue weighted by Gasteiger charge is -2.43. The van der Waals surface area contributed by atoms with Crippen LogP contribution in [-0.2, 0) is 5.75 Å². The van der Waals surface area contributed by atoms with Crippen LogP contribution in [0.25, 0.3) is 0 Å². The Morgan fingerprint density at radius 2 is 2.05 bits per heavy atom. The minimum Gasteiger partial charge on any atom is -0.315 e. The molecular formula is C17H27NS. The summed E-state index contributed by atoms with van der Waals surface area (Å²) in [5, 5.41) is 4.32. The van der Waals surface area contributed by atoms with E-state index in [0.29, 0.717) is 11.5 Å². The first-order valence-electron chi connectivity index (χ1n) is 7.38. The van der Waals surface area contributed by atoms with Gasteiger partial charge in [-0.1, -0.05) is 44.5 Å². The first kappa shape index (κ1) is 14.9. The summed E-state index contributed by atoms with van der Waals surface area (Å²) in [4.78, 5) is 0. The normalized spacial score (nSPS) is 26.3. The molecule has 19 heavy (non-hydrogen) atoms. The summed E-state index contributed by atoms with van der Waals surface area (Å²) in [7, 11) is 2.12. The highest BCUT2D eigenvalue weighted by molar-refractivity contribution is 7.99. The lowest BCUT2D eigenvalue weighted by Crippen LogP contribution is -2.50. The average molecular weight is 277 g/mol. The Morgan fingerprint density at radius 1 is 1.32 bits per heavy atom. The molecule has 106 valence electrons. The average Bonchev–Trinajstić information content (AvgIpc) is 2.37. The van der Waals surface area contributed by atoms with Crippen LogP contribution >= 0.6 is 11.8 Å². The molecule has 0 saturated heterocycles. The van der Waals surface area contributed by atoms with E-state index in [2.05, 4.69) is 69.2 Å². The second kappa shape index (κ2) is 6.32. The number of rotatable bonds is 4. The SMILES string of the molecule is CNC1C(SCc2ccccc2C)CCCC1(C)C. The Hall–Kier alpha value is -0.470. The van der Waals surface area contributed by atoms with E-state index in [9.17, 15) is 0 Å². The van der Waals surface area contributed by atoms with Gasteiger partial charge in [-0.3, -0.25) is 0 Å². The second-order valence-electron chi connectivity index (χ2n) is 6.42. The first-order chi connectivity index (χ1) is 9.04. The van der Waals surface area contributed by atoms with E-state index in [4.69, 9.17) is 0 Å². The summed E-state index contributed by atoms with van der Waals surface area (Å²) in [5.74, 6) is 1.14. The molecule has 1 saturated carbocycles. The third-order valence-electron chi connectivity index (χ3n) is 4.55. The van der Waals surface area contributed by atoms with E-state index in [1.807, 2.05) is 0 Å². The molecule has 2 rings (SSSR count). The molecular weight excluding hydrogens is 250 g/mol. The van der Waals surface area contributed by atoms with E-state index >= 15 is 0 Å². The molecule has 0 heterocycles. The summed E-state index contributed by atoms with van der Waals surface area (Å²) in [5.41, 5.74) is 3.34. The van der Waals surface area contributed by atoms with Crippen molar-refractivity contribution in [1.82, 2.24) is 5.32 Å². The van der Waals surface area contributed by atoms with Crippen molar-refractivity contribution in [3.8, 4) is 0 Å². The fraction of sp³-hybridized carbons (Fsp3) is 0.647. The molecule has 0 aromatic heterocycles. The van der Waals surface area contributed by atoms with Gasteiger partial charge in [-0.05, 0) is 43.4 Å². The maximum absolute atomic E-state index is 3.57. The Morgan fingerprint density at radius 3 is 2.74 bits per heavy atom. The molecule has 0 aliphatic heterocycles. The highest BCUT2D eigenvalue weighted by Crippen LogP contribution is 2.41. The van der Waals surface area contributed by atoms with Gasteiger partial charge in [-0.2, -0.15) is 11.8 Å². The van der Waals surface area contributed by atoms with Crippen molar-refractivity contribution in [3.05, 3.63) is 35.4 Å². The zero-order valence-corrected chi connectivity index (χ0v) is 13.5. The monoisotopic (exact) mass is 277 g/mol. The molecule has 1 aromatic carbocycles.